The number of aliphatic hydroxyl groups is 1. The fourth-order valence-electron chi connectivity index (χ4n) is 3.39. The van der Waals surface area contributed by atoms with E-state index in [-0.39, 0.29) is 11.7 Å². The zero-order chi connectivity index (χ0) is 18.9. The number of hydrogen-bond donors (Lipinski definition) is 1. The predicted molar refractivity (Wildman–Crippen MR) is 97.0 cm³/mol. The number of likely N-dealkylation sites (tertiary alicyclic amines) is 1. The first-order valence-corrected chi connectivity index (χ1v) is 8.98. The molecule has 3 heterocycles. The summed E-state index contributed by atoms with van der Waals surface area (Å²) in [5.74, 6) is 0.686. The molecule has 7 nitrogen and oxygen atoms in total. The van der Waals surface area contributed by atoms with Crippen LogP contribution >= 0.6 is 0 Å². The summed E-state index contributed by atoms with van der Waals surface area (Å²) in [4.78, 5) is 14.1. The molecule has 4 rings (SSSR count). The fraction of sp³-hybridized carbons (Fsp3) is 0.350. The number of nitrogens with zero attached hydrogens (tertiary/aromatic N) is 3. The topological polar surface area (TPSA) is 92.6 Å². The lowest BCUT2D eigenvalue weighted by Crippen LogP contribution is -2.47. The van der Waals surface area contributed by atoms with Crippen LogP contribution in [-0.2, 0) is 6.42 Å². The molecule has 0 atom stereocenters. The molecule has 0 spiro atoms. The number of benzene rings is 1. The van der Waals surface area contributed by atoms with Crippen LogP contribution in [0.4, 0.5) is 0 Å². The second-order valence-electron chi connectivity index (χ2n) is 7.07. The zero-order valence-corrected chi connectivity index (χ0v) is 15.1. The molecule has 0 saturated carbocycles. The molecule has 1 saturated heterocycles. The van der Waals surface area contributed by atoms with E-state index >= 15 is 0 Å². The highest BCUT2D eigenvalue weighted by atomic mass is 16.5. The van der Waals surface area contributed by atoms with Crippen molar-refractivity contribution in [2.75, 3.05) is 13.1 Å². The molecule has 1 aromatic carbocycles. The quantitative estimate of drug-likeness (QED) is 0.762. The standard InChI is InChI=1S/C20H21N3O4/c1-14-11-18(27-21-14)19(24)23-9-7-20(25,8-10-23)13-16-12-17(22-26-16)15-5-3-2-4-6-15/h2-6,11-12,25H,7-10,13H2,1H3. The molecule has 0 bridgehead atoms. The average molecular weight is 367 g/mol. The third-order valence-corrected chi connectivity index (χ3v) is 4.95. The van der Waals surface area contributed by atoms with Crippen LogP contribution in [0, 0.1) is 6.92 Å². The third-order valence-electron chi connectivity index (χ3n) is 4.95. The van der Waals surface area contributed by atoms with Crippen LogP contribution in [-0.4, -0.2) is 44.9 Å². The average Bonchev–Trinajstić information content (AvgIpc) is 3.31. The molecule has 140 valence electrons. The van der Waals surface area contributed by atoms with Crippen LogP contribution in [0.3, 0.4) is 0 Å². The van der Waals surface area contributed by atoms with E-state index in [0.717, 1.165) is 11.3 Å². The van der Waals surface area contributed by atoms with E-state index < -0.39 is 5.60 Å². The van der Waals surface area contributed by atoms with E-state index in [0.29, 0.717) is 43.8 Å². The van der Waals surface area contributed by atoms with Gasteiger partial charge in [0.2, 0.25) is 5.76 Å². The Balaban J connectivity index is 1.38. The van der Waals surface area contributed by atoms with Crippen molar-refractivity contribution in [2.45, 2.75) is 31.8 Å². The number of rotatable bonds is 4. The molecule has 0 unspecified atom stereocenters. The Bertz CT molecular complexity index is 924. The monoisotopic (exact) mass is 367 g/mol. The number of carbonyl (C=O) groups excluding carboxylic acids is 1. The predicted octanol–water partition coefficient (Wildman–Crippen LogP) is 2.85. The fourth-order valence-corrected chi connectivity index (χ4v) is 3.39. The summed E-state index contributed by atoms with van der Waals surface area (Å²) in [7, 11) is 0. The van der Waals surface area contributed by atoms with Gasteiger partial charge in [-0.15, -0.1) is 0 Å². The van der Waals surface area contributed by atoms with Gasteiger partial charge in [0, 0.05) is 37.2 Å². The Morgan fingerprint density at radius 2 is 1.89 bits per heavy atom. The molecule has 1 N–H and O–H groups in total. The molecule has 1 aliphatic heterocycles. The lowest BCUT2D eigenvalue weighted by atomic mass is 9.87. The van der Waals surface area contributed by atoms with Crippen molar-refractivity contribution in [3.63, 3.8) is 0 Å². The summed E-state index contributed by atoms with van der Waals surface area (Å²) < 4.78 is 10.5. The van der Waals surface area contributed by atoms with E-state index in [1.54, 1.807) is 17.9 Å². The molecule has 27 heavy (non-hydrogen) atoms. The Labute approximate surface area is 156 Å². The van der Waals surface area contributed by atoms with Crippen LogP contribution in [0.1, 0.15) is 34.9 Å². The summed E-state index contributed by atoms with van der Waals surface area (Å²) in [6.45, 7) is 2.68. The van der Waals surface area contributed by atoms with Crippen molar-refractivity contribution in [3.8, 4) is 11.3 Å². The highest BCUT2D eigenvalue weighted by Crippen LogP contribution is 2.29. The van der Waals surface area contributed by atoms with E-state index in [4.69, 9.17) is 9.05 Å². The first-order chi connectivity index (χ1) is 13.0. The van der Waals surface area contributed by atoms with Crippen molar-refractivity contribution < 1.29 is 18.9 Å². The van der Waals surface area contributed by atoms with Gasteiger partial charge >= 0.3 is 0 Å². The second kappa shape index (κ2) is 7.00. The molecular formula is C20H21N3O4. The van der Waals surface area contributed by atoms with Gasteiger partial charge < -0.3 is 19.1 Å². The normalized spacial score (nSPS) is 16.4. The van der Waals surface area contributed by atoms with E-state index in [2.05, 4.69) is 10.3 Å². The summed E-state index contributed by atoms with van der Waals surface area (Å²) >= 11 is 0. The van der Waals surface area contributed by atoms with Crippen molar-refractivity contribution in [2.24, 2.45) is 0 Å². The second-order valence-corrected chi connectivity index (χ2v) is 7.07. The molecule has 2 aromatic heterocycles. The Morgan fingerprint density at radius 1 is 1.15 bits per heavy atom. The van der Waals surface area contributed by atoms with Crippen molar-refractivity contribution in [1.82, 2.24) is 15.2 Å². The summed E-state index contributed by atoms with van der Waals surface area (Å²) in [6, 6.07) is 13.3. The van der Waals surface area contributed by atoms with Crippen LogP contribution in [0.2, 0.25) is 0 Å². The Hall–Kier alpha value is -2.93. The molecule has 1 amide bonds. The minimum atomic E-state index is -0.915. The molecule has 0 radical (unpaired) electrons. The van der Waals surface area contributed by atoms with Crippen molar-refractivity contribution in [1.29, 1.82) is 0 Å². The van der Waals surface area contributed by atoms with Crippen LogP contribution in [0.25, 0.3) is 11.3 Å². The lowest BCUT2D eigenvalue weighted by Gasteiger charge is -2.37. The van der Waals surface area contributed by atoms with Crippen molar-refractivity contribution >= 4 is 5.91 Å². The largest absolute Gasteiger partial charge is 0.389 e. The van der Waals surface area contributed by atoms with Gasteiger partial charge in [-0.3, -0.25) is 4.79 Å². The zero-order valence-electron chi connectivity index (χ0n) is 15.1. The molecular weight excluding hydrogens is 346 g/mol. The highest BCUT2D eigenvalue weighted by Gasteiger charge is 2.36. The maximum atomic E-state index is 12.4. The van der Waals surface area contributed by atoms with Crippen LogP contribution < -0.4 is 0 Å². The molecule has 0 aliphatic carbocycles. The maximum Gasteiger partial charge on any atom is 0.292 e. The first kappa shape index (κ1) is 17.5. The van der Waals surface area contributed by atoms with Gasteiger partial charge in [-0.25, -0.2) is 0 Å². The van der Waals surface area contributed by atoms with Gasteiger partial charge in [-0.1, -0.05) is 40.6 Å². The highest BCUT2D eigenvalue weighted by molar-refractivity contribution is 5.91. The van der Waals surface area contributed by atoms with E-state index in [1.807, 2.05) is 36.4 Å². The van der Waals surface area contributed by atoms with Crippen molar-refractivity contribution in [3.05, 3.63) is 59.7 Å². The van der Waals surface area contributed by atoms with E-state index in [1.165, 1.54) is 0 Å². The number of amides is 1. The van der Waals surface area contributed by atoms with E-state index in [9.17, 15) is 9.90 Å². The van der Waals surface area contributed by atoms with Gasteiger partial charge in [0.1, 0.15) is 11.5 Å². The Kier molecular flexibility index (Phi) is 4.53. The van der Waals surface area contributed by atoms with Crippen LogP contribution in [0.5, 0.6) is 0 Å². The number of carbonyl (C=O) groups is 1. The summed E-state index contributed by atoms with van der Waals surface area (Å²) in [6.07, 6.45) is 1.30. The maximum absolute atomic E-state index is 12.4. The number of hydrogen-bond acceptors (Lipinski definition) is 6. The summed E-state index contributed by atoms with van der Waals surface area (Å²) in [5.41, 5.74) is 1.48. The number of aromatic nitrogens is 2. The molecule has 7 heteroatoms. The summed E-state index contributed by atoms with van der Waals surface area (Å²) in [5, 5.41) is 18.8. The van der Waals surface area contributed by atoms with Crippen LogP contribution in [0.15, 0.2) is 51.5 Å². The SMILES string of the molecule is Cc1cc(C(=O)N2CCC(O)(Cc3cc(-c4ccccc4)no3)CC2)on1. The van der Waals surface area contributed by atoms with Gasteiger partial charge in [-0.05, 0) is 19.8 Å². The molecule has 1 aliphatic rings. The third kappa shape index (κ3) is 3.78. The first-order valence-electron chi connectivity index (χ1n) is 8.98. The molecule has 3 aromatic rings. The Morgan fingerprint density at radius 3 is 2.56 bits per heavy atom. The van der Waals surface area contributed by atoms with Gasteiger partial charge in [0.05, 0.1) is 11.3 Å². The minimum Gasteiger partial charge on any atom is -0.389 e. The number of aryl methyl sites for hydroxylation is 1. The molecule has 1 fully saturated rings. The number of piperidine rings is 1. The lowest BCUT2D eigenvalue weighted by molar-refractivity contribution is -0.0209. The smallest absolute Gasteiger partial charge is 0.292 e. The van der Waals surface area contributed by atoms with Gasteiger partial charge in [0.25, 0.3) is 5.91 Å². The minimum absolute atomic E-state index is 0.191. The van der Waals surface area contributed by atoms with Gasteiger partial charge in [0.15, 0.2) is 0 Å². The van der Waals surface area contributed by atoms with Gasteiger partial charge in [-0.2, -0.15) is 0 Å².